The summed E-state index contributed by atoms with van der Waals surface area (Å²) < 4.78 is 38.6. The van der Waals surface area contributed by atoms with Gasteiger partial charge >= 0.3 is 12.2 Å². The molecule has 27 heavy (non-hydrogen) atoms. The van der Waals surface area contributed by atoms with Crippen molar-refractivity contribution >= 4 is 17.4 Å². The van der Waals surface area contributed by atoms with Gasteiger partial charge in [0.15, 0.2) is 0 Å². The Morgan fingerprint density at radius 2 is 1.93 bits per heavy atom. The van der Waals surface area contributed by atoms with Crippen molar-refractivity contribution in [2.45, 2.75) is 25.7 Å². The highest BCUT2D eigenvalue weighted by Gasteiger charge is 2.31. The second-order valence-corrected chi connectivity index (χ2v) is 7.67. The van der Waals surface area contributed by atoms with Crippen LogP contribution in [0.4, 0.5) is 18.0 Å². The van der Waals surface area contributed by atoms with Crippen molar-refractivity contribution in [3.8, 4) is 0 Å². The lowest BCUT2D eigenvalue weighted by Crippen LogP contribution is -2.51. The molecule has 0 saturated carbocycles. The van der Waals surface area contributed by atoms with E-state index in [0.29, 0.717) is 18.7 Å². The number of urea groups is 1. The normalized spacial score (nSPS) is 17.0. The molecule has 1 fully saturated rings. The third kappa shape index (κ3) is 5.23. The first-order valence-electron chi connectivity index (χ1n) is 8.80. The lowest BCUT2D eigenvalue weighted by atomic mass is 10.1. The first-order valence-corrected chi connectivity index (χ1v) is 9.68. The summed E-state index contributed by atoms with van der Waals surface area (Å²) in [6.07, 6.45) is -4.39. The zero-order valence-corrected chi connectivity index (χ0v) is 15.8. The van der Waals surface area contributed by atoms with Crippen molar-refractivity contribution < 1.29 is 18.0 Å². The maximum atomic E-state index is 12.9. The van der Waals surface area contributed by atoms with Crippen LogP contribution in [-0.4, -0.2) is 42.0 Å². The molecule has 1 aliphatic rings. The summed E-state index contributed by atoms with van der Waals surface area (Å²) in [4.78, 5) is 17.8. The van der Waals surface area contributed by atoms with Crippen LogP contribution >= 0.6 is 11.3 Å². The number of carbonyl (C=O) groups is 1. The van der Waals surface area contributed by atoms with E-state index >= 15 is 0 Å². The monoisotopic (exact) mass is 397 g/mol. The summed E-state index contributed by atoms with van der Waals surface area (Å²) in [6, 6.07) is 8.47. The number of nitrogens with one attached hydrogen (secondary N) is 1. The fourth-order valence-electron chi connectivity index (χ4n) is 3.08. The van der Waals surface area contributed by atoms with Crippen molar-refractivity contribution in [3.63, 3.8) is 0 Å². The Balaban J connectivity index is 1.52. The molecule has 0 spiro atoms. The van der Waals surface area contributed by atoms with Crippen LogP contribution in [-0.2, 0) is 12.7 Å². The van der Waals surface area contributed by atoms with E-state index in [-0.39, 0.29) is 6.03 Å². The summed E-state index contributed by atoms with van der Waals surface area (Å²) in [5.41, 5.74) is -0.266. The molecule has 1 aromatic heterocycles. The summed E-state index contributed by atoms with van der Waals surface area (Å²) in [6.45, 7) is 5.35. The van der Waals surface area contributed by atoms with E-state index in [2.05, 4.69) is 16.3 Å². The fourth-order valence-corrected chi connectivity index (χ4v) is 3.82. The highest BCUT2D eigenvalue weighted by Crippen LogP contribution is 2.30. The first kappa shape index (κ1) is 19.7. The van der Waals surface area contributed by atoms with Gasteiger partial charge < -0.3 is 10.2 Å². The molecule has 146 valence electrons. The van der Waals surface area contributed by atoms with Gasteiger partial charge in [-0.2, -0.15) is 13.2 Å². The minimum Gasteiger partial charge on any atom is -0.331 e. The molecule has 0 bridgehead atoms. The number of carbonyl (C=O) groups excluding carboxylic acids is 1. The maximum Gasteiger partial charge on any atom is 0.416 e. The van der Waals surface area contributed by atoms with E-state index in [0.717, 1.165) is 31.8 Å². The summed E-state index contributed by atoms with van der Waals surface area (Å²) >= 11 is 1.72. The predicted molar refractivity (Wildman–Crippen MR) is 99.6 cm³/mol. The quantitative estimate of drug-likeness (QED) is 0.832. The zero-order chi connectivity index (χ0) is 19.4. The molecule has 1 atom stereocenters. The van der Waals surface area contributed by atoms with Gasteiger partial charge in [-0.1, -0.05) is 18.2 Å². The molecule has 3 rings (SSSR count). The van der Waals surface area contributed by atoms with Crippen molar-refractivity contribution in [2.24, 2.45) is 0 Å². The van der Waals surface area contributed by atoms with E-state index < -0.39 is 17.8 Å². The molecule has 1 aliphatic heterocycles. The smallest absolute Gasteiger partial charge is 0.331 e. The van der Waals surface area contributed by atoms with Crippen molar-refractivity contribution in [1.82, 2.24) is 15.1 Å². The zero-order valence-electron chi connectivity index (χ0n) is 15.0. The number of benzene rings is 1. The fraction of sp³-hybridized carbons (Fsp3) is 0.421. The number of nitrogens with zero attached hydrogens (tertiary/aromatic N) is 2. The second kappa shape index (κ2) is 8.31. The Morgan fingerprint density at radius 1 is 1.19 bits per heavy atom. The average Bonchev–Trinajstić information content (AvgIpc) is 3.14. The van der Waals surface area contributed by atoms with Crippen molar-refractivity contribution in [1.29, 1.82) is 0 Å². The number of rotatable bonds is 4. The van der Waals surface area contributed by atoms with Crippen LogP contribution in [0.15, 0.2) is 41.8 Å². The molecule has 2 amide bonds. The number of alkyl halides is 3. The van der Waals surface area contributed by atoms with E-state index in [1.54, 1.807) is 29.2 Å². The van der Waals surface area contributed by atoms with Gasteiger partial charge in [0.25, 0.3) is 0 Å². The molecule has 0 radical (unpaired) electrons. The molecular weight excluding hydrogens is 375 g/mol. The number of hydrogen-bond donors (Lipinski definition) is 1. The van der Waals surface area contributed by atoms with E-state index in [1.165, 1.54) is 10.9 Å². The van der Waals surface area contributed by atoms with Gasteiger partial charge in [-0.15, -0.1) is 11.3 Å². The highest BCUT2D eigenvalue weighted by molar-refractivity contribution is 7.09. The average molecular weight is 397 g/mol. The minimum atomic E-state index is -4.39. The molecule has 8 heteroatoms. The molecule has 2 heterocycles. The second-order valence-electron chi connectivity index (χ2n) is 6.64. The SMILES string of the molecule is CC(NC(=O)N1CCN(Cc2cccs2)CC1)c1cccc(C(F)(F)F)c1. The lowest BCUT2D eigenvalue weighted by Gasteiger charge is -2.35. The maximum absolute atomic E-state index is 12.9. The molecular formula is C19H22F3N3OS. The lowest BCUT2D eigenvalue weighted by molar-refractivity contribution is -0.137. The summed E-state index contributed by atoms with van der Waals surface area (Å²) in [5.74, 6) is 0. The Morgan fingerprint density at radius 3 is 2.56 bits per heavy atom. The molecule has 1 saturated heterocycles. The van der Waals surface area contributed by atoms with Crippen LogP contribution in [0.3, 0.4) is 0 Å². The number of thiophene rings is 1. The van der Waals surface area contributed by atoms with Crippen LogP contribution in [0.1, 0.15) is 29.0 Å². The molecule has 1 N–H and O–H groups in total. The topological polar surface area (TPSA) is 35.6 Å². The third-order valence-corrected chi connectivity index (χ3v) is 5.53. The highest BCUT2D eigenvalue weighted by atomic mass is 32.1. The van der Waals surface area contributed by atoms with Gasteiger partial charge in [0.2, 0.25) is 0 Å². The predicted octanol–water partition coefficient (Wildman–Crippen LogP) is 4.36. The number of amides is 2. The third-order valence-electron chi connectivity index (χ3n) is 4.67. The molecule has 1 aromatic carbocycles. The number of halogens is 3. The molecule has 0 aliphatic carbocycles. The minimum absolute atomic E-state index is 0.240. The number of hydrogen-bond acceptors (Lipinski definition) is 3. The van der Waals surface area contributed by atoms with Gasteiger partial charge in [0.1, 0.15) is 0 Å². The van der Waals surface area contributed by atoms with Crippen LogP contribution in [0, 0.1) is 0 Å². The van der Waals surface area contributed by atoms with Gasteiger partial charge in [-0.25, -0.2) is 4.79 Å². The largest absolute Gasteiger partial charge is 0.416 e. The van der Waals surface area contributed by atoms with Gasteiger partial charge in [-0.05, 0) is 36.1 Å². The molecule has 4 nitrogen and oxygen atoms in total. The van der Waals surface area contributed by atoms with E-state index in [1.807, 2.05) is 11.4 Å². The summed E-state index contributed by atoms with van der Waals surface area (Å²) in [5, 5.41) is 4.86. The Hall–Kier alpha value is -2.06. The first-order chi connectivity index (χ1) is 12.8. The Bertz CT molecular complexity index is 756. The van der Waals surface area contributed by atoms with E-state index in [9.17, 15) is 18.0 Å². The molecule has 1 unspecified atom stereocenters. The Labute approximate surface area is 160 Å². The van der Waals surface area contributed by atoms with Crippen LogP contribution in [0.2, 0.25) is 0 Å². The van der Waals surface area contributed by atoms with Crippen molar-refractivity contribution in [2.75, 3.05) is 26.2 Å². The van der Waals surface area contributed by atoms with Crippen LogP contribution in [0.5, 0.6) is 0 Å². The van der Waals surface area contributed by atoms with Gasteiger partial charge in [-0.3, -0.25) is 4.90 Å². The van der Waals surface area contributed by atoms with E-state index in [4.69, 9.17) is 0 Å². The molecule has 2 aromatic rings. The van der Waals surface area contributed by atoms with Gasteiger partial charge in [0.05, 0.1) is 11.6 Å². The summed E-state index contributed by atoms with van der Waals surface area (Å²) in [7, 11) is 0. The van der Waals surface area contributed by atoms with Crippen molar-refractivity contribution in [3.05, 3.63) is 57.8 Å². The van der Waals surface area contributed by atoms with Crippen LogP contribution in [0.25, 0.3) is 0 Å². The van der Waals surface area contributed by atoms with Gasteiger partial charge in [0, 0.05) is 37.6 Å². The number of piperazine rings is 1. The Kier molecular flexibility index (Phi) is 6.06. The van der Waals surface area contributed by atoms with Crippen LogP contribution < -0.4 is 5.32 Å². The standard InChI is InChI=1S/C19H22F3N3OS/c1-14(15-4-2-5-16(12-15)19(20,21)22)23-18(26)25-9-7-24(8-10-25)13-17-6-3-11-27-17/h2-6,11-12,14H,7-10,13H2,1H3,(H,23,26).